The lowest BCUT2D eigenvalue weighted by Crippen LogP contribution is -2.29. The molecule has 0 saturated heterocycles. The van der Waals surface area contributed by atoms with E-state index in [1.165, 1.54) is 18.4 Å². The van der Waals surface area contributed by atoms with Gasteiger partial charge in [0.2, 0.25) is 0 Å². The van der Waals surface area contributed by atoms with E-state index in [0.717, 1.165) is 24.1 Å². The van der Waals surface area contributed by atoms with Crippen molar-refractivity contribution < 1.29 is 0 Å². The highest BCUT2D eigenvalue weighted by molar-refractivity contribution is 9.10. The minimum atomic E-state index is 0.622. The Labute approximate surface area is 113 Å². The minimum Gasteiger partial charge on any atom is -0.330 e. The molecule has 1 atom stereocenters. The van der Waals surface area contributed by atoms with Crippen LogP contribution >= 0.6 is 15.9 Å². The molecule has 0 heterocycles. The van der Waals surface area contributed by atoms with E-state index in [1.54, 1.807) is 0 Å². The summed E-state index contributed by atoms with van der Waals surface area (Å²) in [6.45, 7) is 5.07. The molecule has 0 bridgehead atoms. The van der Waals surface area contributed by atoms with Gasteiger partial charge in [-0.3, -0.25) is 0 Å². The van der Waals surface area contributed by atoms with Crippen LogP contribution < -0.4 is 5.73 Å². The molecule has 0 aromatic heterocycles. The van der Waals surface area contributed by atoms with Gasteiger partial charge in [-0.05, 0) is 43.6 Å². The first-order valence-electron chi connectivity index (χ1n) is 6.28. The van der Waals surface area contributed by atoms with Crippen molar-refractivity contribution in [3.05, 3.63) is 34.3 Å². The van der Waals surface area contributed by atoms with Crippen molar-refractivity contribution in [2.24, 2.45) is 11.7 Å². The first-order valence-corrected chi connectivity index (χ1v) is 7.08. The van der Waals surface area contributed by atoms with E-state index >= 15 is 0 Å². The van der Waals surface area contributed by atoms with Gasteiger partial charge in [0.25, 0.3) is 0 Å². The van der Waals surface area contributed by atoms with E-state index in [9.17, 15) is 0 Å². The fourth-order valence-electron chi connectivity index (χ4n) is 2.14. The van der Waals surface area contributed by atoms with Gasteiger partial charge in [0.15, 0.2) is 0 Å². The standard InChI is InChI=1S/C14H23BrN2/c1-3-5-13(9-16)11-17(2)10-12-6-4-7-14(15)8-12/h4,6-8,13H,3,5,9-11,16H2,1-2H3. The third-order valence-corrected chi connectivity index (χ3v) is 3.43. The largest absolute Gasteiger partial charge is 0.330 e. The van der Waals surface area contributed by atoms with Crippen LogP contribution in [0.5, 0.6) is 0 Å². The summed E-state index contributed by atoms with van der Waals surface area (Å²) in [4.78, 5) is 2.36. The maximum Gasteiger partial charge on any atom is 0.0231 e. The molecule has 0 spiro atoms. The maximum absolute atomic E-state index is 5.79. The molecular weight excluding hydrogens is 276 g/mol. The number of hydrogen-bond acceptors (Lipinski definition) is 2. The lowest BCUT2D eigenvalue weighted by molar-refractivity contribution is 0.263. The van der Waals surface area contributed by atoms with Crippen LogP contribution in [0.4, 0.5) is 0 Å². The second kappa shape index (κ2) is 7.85. The summed E-state index contributed by atoms with van der Waals surface area (Å²) >= 11 is 3.50. The zero-order chi connectivity index (χ0) is 12.7. The molecule has 0 amide bonds. The Kier molecular flexibility index (Phi) is 6.78. The molecule has 1 aromatic carbocycles. The van der Waals surface area contributed by atoms with E-state index < -0.39 is 0 Å². The molecule has 0 saturated carbocycles. The highest BCUT2D eigenvalue weighted by Gasteiger charge is 2.09. The van der Waals surface area contributed by atoms with Crippen LogP contribution in [0.15, 0.2) is 28.7 Å². The molecular formula is C14H23BrN2. The van der Waals surface area contributed by atoms with Gasteiger partial charge in [-0.2, -0.15) is 0 Å². The van der Waals surface area contributed by atoms with Crippen molar-refractivity contribution in [2.45, 2.75) is 26.3 Å². The van der Waals surface area contributed by atoms with Gasteiger partial charge in [-0.25, -0.2) is 0 Å². The Hall–Kier alpha value is -0.380. The Morgan fingerprint density at radius 1 is 1.41 bits per heavy atom. The van der Waals surface area contributed by atoms with Crippen molar-refractivity contribution in [2.75, 3.05) is 20.1 Å². The van der Waals surface area contributed by atoms with Crippen molar-refractivity contribution in [3.63, 3.8) is 0 Å². The maximum atomic E-state index is 5.79. The van der Waals surface area contributed by atoms with E-state index in [1.807, 2.05) is 0 Å². The molecule has 0 aliphatic rings. The van der Waals surface area contributed by atoms with Crippen molar-refractivity contribution >= 4 is 15.9 Å². The first-order chi connectivity index (χ1) is 8.15. The Morgan fingerprint density at radius 2 is 2.18 bits per heavy atom. The Morgan fingerprint density at radius 3 is 2.76 bits per heavy atom. The number of benzene rings is 1. The molecule has 0 aliphatic heterocycles. The van der Waals surface area contributed by atoms with E-state index in [-0.39, 0.29) is 0 Å². The van der Waals surface area contributed by atoms with Gasteiger partial charge in [-0.1, -0.05) is 41.4 Å². The number of hydrogen-bond donors (Lipinski definition) is 1. The Balaban J connectivity index is 2.45. The van der Waals surface area contributed by atoms with Crippen LogP contribution in [0.25, 0.3) is 0 Å². The van der Waals surface area contributed by atoms with Crippen LogP contribution in [-0.4, -0.2) is 25.0 Å². The number of halogens is 1. The number of nitrogens with two attached hydrogens (primary N) is 1. The van der Waals surface area contributed by atoms with Crippen LogP contribution in [0.2, 0.25) is 0 Å². The summed E-state index contributed by atoms with van der Waals surface area (Å²) in [5.74, 6) is 0.622. The van der Waals surface area contributed by atoms with E-state index in [4.69, 9.17) is 5.73 Å². The second-order valence-corrected chi connectivity index (χ2v) is 5.63. The molecule has 2 N–H and O–H groups in total. The molecule has 3 heteroatoms. The summed E-state index contributed by atoms with van der Waals surface area (Å²) < 4.78 is 1.15. The number of rotatable bonds is 7. The third kappa shape index (κ3) is 5.66. The van der Waals surface area contributed by atoms with Crippen LogP contribution in [0.3, 0.4) is 0 Å². The fourth-order valence-corrected chi connectivity index (χ4v) is 2.59. The first kappa shape index (κ1) is 14.7. The summed E-state index contributed by atoms with van der Waals surface area (Å²) in [5.41, 5.74) is 7.13. The minimum absolute atomic E-state index is 0.622. The molecule has 0 radical (unpaired) electrons. The average molecular weight is 299 g/mol. The van der Waals surface area contributed by atoms with Crippen LogP contribution in [0.1, 0.15) is 25.3 Å². The lowest BCUT2D eigenvalue weighted by Gasteiger charge is -2.22. The quantitative estimate of drug-likeness (QED) is 0.837. The van der Waals surface area contributed by atoms with Crippen LogP contribution in [0, 0.1) is 5.92 Å². The normalized spacial score (nSPS) is 13.0. The van der Waals surface area contributed by atoms with Gasteiger partial charge in [-0.15, -0.1) is 0 Å². The number of nitrogens with zero attached hydrogens (tertiary/aromatic N) is 1. The fraction of sp³-hybridized carbons (Fsp3) is 0.571. The second-order valence-electron chi connectivity index (χ2n) is 4.72. The zero-order valence-corrected chi connectivity index (χ0v) is 12.4. The molecule has 0 fully saturated rings. The summed E-state index contributed by atoms with van der Waals surface area (Å²) in [6, 6.07) is 8.48. The highest BCUT2D eigenvalue weighted by Crippen LogP contribution is 2.14. The van der Waals surface area contributed by atoms with E-state index in [0.29, 0.717) is 5.92 Å². The van der Waals surface area contributed by atoms with Crippen molar-refractivity contribution in [1.82, 2.24) is 4.90 Å². The summed E-state index contributed by atoms with van der Waals surface area (Å²) in [5, 5.41) is 0. The van der Waals surface area contributed by atoms with Gasteiger partial charge < -0.3 is 10.6 Å². The molecule has 96 valence electrons. The van der Waals surface area contributed by atoms with Crippen molar-refractivity contribution in [3.8, 4) is 0 Å². The zero-order valence-electron chi connectivity index (χ0n) is 10.8. The predicted molar refractivity (Wildman–Crippen MR) is 77.9 cm³/mol. The predicted octanol–water partition coefficient (Wildman–Crippen LogP) is 3.26. The van der Waals surface area contributed by atoms with Crippen molar-refractivity contribution in [1.29, 1.82) is 0 Å². The topological polar surface area (TPSA) is 29.3 Å². The van der Waals surface area contributed by atoms with Gasteiger partial charge >= 0.3 is 0 Å². The molecule has 17 heavy (non-hydrogen) atoms. The molecule has 0 aliphatic carbocycles. The van der Waals surface area contributed by atoms with Gasteiger partial charge in [0.05, 0.1) is 0 Å². The monoisotopic (exact) mass is 298 g/mol. The summed E-state index contributed by atoms with van der Waals surface area (Å²) in [6.07, 6.45) is 2.44. The highest BCUT2D eigenvalue weighted by atomic mass is 79.9. The summed E-state index contributed by atoms with van der Waals surface area (Å²) in [7, 11) is 2.17. The van der Waals surface area contributed by atoms with E-state index in [2.05, 4.69) is 59.1 Å². The average Bonchev–Trinajstić information content (AvgIpc) is 2.28. The molecule has 2 nitrogen and oxygen atoms in total. The molecule has 1 rings (SSSR count). The molecule has 1 aromatic rings. The third-order valence-electron chi connectivity index (χ3n) is 2.94. The van der Waals surface area contributed by atoms with Crippen LogP contribution in [-0.2, 0) is 6.54 Å². The smallest absolute Gasteiger partial charge is 0.0231 e. The lowest BCUT2D eigenvalue weighted by atomic mass is 10.0. The van der Waals surface area contributed by atoms with Gasteiger partial charge in [0.1, 0.15) is 0 Å². The Bertz CT molecular complexity index is 328. The van der Waals surface area contributed by atoms with Gasteiger partial charge in [0, 0.05) is 17.6 Å². The SMILES string of the molecule is CCCC(CN)CN(C)Cc1cccc(Br)c1. The molecule has 1 unspecified atom stereocenters.